The highest BCUT2D eigenvalue weighted by molar-refractivity contribution is 7.92. The normalized spacial score (nSPS) is 14.9. The molecule has 1 aliphatic rings. The first-order valence-corrected chi connectivity index (χ1v) is 9.70. The second kappa shape index (κ2) is 7.83. The second-order valence-electron chi connectivity index (χ2n) is 6.01. The SMILES string of the molecule is CN(C)C(=O)CN(c1ccc(C(=O)N2CCOCC2)cc1)S(C)(=O)=O. The fraction of sp³-hybridized carbons (Fsp3) is 0.500. The van der Waals surface area contributed by atoms with Gasteiger partial charge in [-0.1, -0.05) is 0 Å². The fourth-order valence-electron chi connectivity index (χ4n) is 2.38. The Morgan fingerprint density at radius 1 is 1.12 bits per heavy atom. The van der Waals surface area contributed by atoms with Gasteiger partial charge in [-0.15, -0.1) is 0 Å². The second-order valence-corrected chi connectivity index (χ2v) is 7.92. The molecule has 25 heavy (non-hydrogen) atoms. The van der Waals surface area contributed by atoms with Crippen LogP contribution in [0, 0.1) is 0 Å². The molecule has 8 nitrogen and oxygen atoms in total. The maximum atomic E-state index is 12.4. The summed E-state index contributed by atoms with van der Waals surface area (Å²) in [7, 11) is -0.501. The van der Waals surface area contributed by atoms with E-state index in [1.165, 1.54) is 17.0 Å². The predicted octanol–water partition coefficient (Wildman–Crippen LogP) is 0.0132. The quantitative estimate of drug-likeness (QED) is 0.730. The van der Waals surface area contributed by atoms with Crippen LogP contribution in [0.1, 0.15) is 10.4 Å². The monoisotopic (exact) mass is 369 g/mol. The number of carbonyl (C=O) groups is 2. The van der Waals surface area contributed by atoms with Gasteiger partial charge in [0.05, 0.1) is 25.2 Å². The maximum Gasteiger partial charge on any atom is 0.254 e. The van der Waals surface area contributed by atoms with Gasteiger partial charge in [-0.05, 0) is 24.3 Å². The van der Waals surface area contributed by atoms with E-state index in [2.05, 4.69) is 0 Å². The van der Waals surface area contributed by atoms with Gasteiger partial charge >= 0.3 is 0 Å². The standard InChI is InChI=1S/C16H23N3O5S/c1-17(2)15(20)12-19(25(3,22)23)14-6-4-13(5-7-14)16(21)18-8-10-24-11-9-18/h4-7H,8-12H2,1-3H3. The molecule has 0 unspecified atom stereocenters. The third kappa shape index (κ3) is 4.93. The Kier molecular flexibility index (Phi) is 6.02. The summed E-state index contributed by atoms with van der Waals surface area (Å²) < 4.78 is 30.3. The molecule has 0 N–H and O–H groups in total. The van der Waals surface area contributed by atoms with Crippen LogP contribution in [0.3, 0.4) is 0 Å². The van der Waals surface area contributed by atoms with Crippen molar-refractivity contribution in [3.05, 3.63) is 29.8 Å². The average Bonchev–Trinajstić information content (AvgIpc) is 2.58. The molecular weight excluding hydrogens is 346 g/mol. The lowest BCUT2D eigenvalue weighted by Crippen LogP contribution is -2.41. The van der Waals surface area contributed by atoms with Crippen LogP contribution in [-0.2, 0) is 19.6 Å². The van der Waals surface area contributed by atoms with E-state index in [4.69, 9.17) is 4.74 Å². The molecule has 0 spiro atoms. The number of carbonyl (C=O) groups excluding carboxylic acids is 2. The van der Waals surface area contributed by atoms with E-state index in [0.29, 0.717) is 37.6 Å². The highest BCUT2D eigenvalue weighted by atomic mass is 32.2. The summed E-state index contributed by atoms with van der Waals surface area (Å²) in [6, 6.07) is 6.23. The number of hydrogen-bond acceptors (Lipinski definition) is 5. The minimum absolute atomic E-state index is 0.120. The minimum atomic E-state index is -3.63. The van der Waals surface area contributed by atoms with E-state index in [1.807, 2.05) is 0 Å². The van der Waals surface area contributed by atoms with Gasteiger partial charge in [-0.2, -0.15) is 0 Å². The van der Waals surface area contributed by atoms with Crippen molar-refractivity contribution in [3.63, 3.8) is 0 Å². The Hall–Kier alpha value is -2.13. The smallest absolute Gasteiger partial charge is 0.254 e. The zero-order valence-corrected chi connectivity index (χ0v) is 15.5. The Bertz CT molecular complexity index is 725. The van der Waals surface area contributed by atoms with Crippen molar-refractivity contribution in [3.8, 4) is 0 Å². The largest absolute Gasteiger partial charge is 0.378 e. The van der Waals surface area contributed by atoms with E-state index in [9.17, 15) is 18.0 Å². The highest BCUT2D eigenvalue weighted by Crippen LogP contribution is 2.19. The molecule has 0 atom stereocenters. The molecule has 0 aliphatic carbocycles. The Morgan fingerprint density at radius 3 is 2.16 bits per heavy atom. The lowest BCUT2D eigenvalue weighted by molar-refractivity contribution is -0.127. The number of ether oxygens (including phenoxy) is 1. The van der Waals surface area contributed by atoms with Gasteiger partial charge in [0.15, 0.2) is 0 Å². The van der Waals surface area contributed by atoms with E-state index in [1.54, 1.807) is 31.1 Å². The fourth-order valence-corrected chi connectivity index (χ4v) is 3.23. The topological polar surface area (TPSA) is 87.2 Å². The van der Waals surface area contributed by atoms with E-state index >= 15 is 0 Å². The number of morpholine rings is 1. The third-order valence-electron chi connectivity index (χ3n) is 3.88. The Balaban J connectivity index is 2.20. The van der Waals surface area contributed by atoms with Crippen molar-refractivity contribution in [2.45, 2.75) is 0 Å². The third-order valence-corrected chi connectivity index (χ3v) is 5.02. The van der Waals surface area contributed by atoms with E-state index in [-0.39, 0.29) is 18.4 Å². The summed E-state index contributed by atoms with van der Waals surface area (Å²) in [5.41, 5.74) is 0.814. The molecule has 1 heterocycles. The molecule has 138 valence electrons. The van der Waals surface area contributed by atoms with Crippen LogP contribution in [0.2, 0.25) is 0 Å². The van der Waals surface area contributed by atoms with Gasteiger partial charge in [-0.3, -0.25) is 13.9 Å². The summed E-state index contributed by atoms with van der Waals surface area (Å²) in [5, 5.41) is 0. The molecule has 1 fully saturated rings. The predicted molar refractivity (Wildman–Crippen MR) is 94.0 cm³/mol. The number of nitrogens with zero attached hydrogens (tertiary/aromatic N) is 3. The van der Waals surface area contributed by atoms with Crippen LogP contribution >= 0.6 is 0 Å². The Morgan fingerprint density at radius 2 is 1.68 bits per heavy atom. The molecule has 2 rings (SSSR count). The molecule has 9 heteroatoms. The summed E-state index contributed by atoms with van der Waals surface area (Å²) in [6.07, 6.45) is 1.04. The lowest BCUT2D eigenvalue weighted by atomic mass is 10.1. The van der Waals surface area contributed by atoms with Crippen molar-refractivity contribution in [2.75, 3.05) is 57.5 Å². The van der Waals surface area contributed by atoms with Crippen LogP contribution in [0.4, 0.5) is 5.69 Å². The zero-order chi connectivity index (χ0) is 18.6. The highest BCUT2D eigenvalue weighted by Gasteiger charge is 2.23. The molecule has 0 aromatic heterocycles. The Labute approximate surface area is 148 Å². The van der Waals surface area contributed by atoms with Crippen LogP contribution in [0.25, 0.3) is 0 Å². The molecule has 1 saturated heterocycles. The van der Waals surface area contributed by atoms with Crippen molar-refractivity contribution in [2.24, 2.45) is 0 Å². The summed E-state index contributed by atoms with van der Waals surface area (Å²) in [5.74, 6) is -0.455. The number of rotatable bonds is 5. The average molecular weight is 369 g/mol. The number of amides is 2. The number of hydrogen-bond donors (Lipinski definition) is 0. The van der Waals surface area contributed by atoms with Crippen molar-refractivity contribution in [1.82, 2.24) is 9.80 Å². The van der Waals surface area contributed by atoms with Crippen molar-refractivity contribution < 1.29 is 22.7 Å². The maximum absolute atomic E-state index is 12.4. The number of benzene rings is 1. The zero-order valence-electron chi connectivity index (χ0n) is 14.6. The first-order valence-electron chi connectivity index (χ1n) is 7.85. The van der Waals surface area contributed by atoms with Gasteiger partial charge in [0.1, 0.15) is 6.54 Å². The van der Waals surface area contributed by atoms with Crippen LogP contribution in [0.5, 0.6) is 0 Å². The summed E-state index contributed by atoms with van der Waals surface area (Å²) >= 11 is 0. The minimum Gasteiger partial charge on any atom is -0.378 e. The van der Waals surface area contributed by atoms with Gasteiger partial charge < -0.3 is 14.5 Å². The van der Waals surface area contributed by atoms with Crippen LogP contribution in [0.15, 0.2) is 24.3 Å². The van der Waals surface area contributed by atoms with Crippen molar-refractivity contribution >= 4 is 27.5 Å². The van der Waals surface area contributed by atoms with Gasteiger partial charge in [0, 0.05) is 32.7 Å². The molecule has 1 aliphatic heterocycles. The van der Waals surface area contributed by atoms with E-state index in [0.717, 1.165) is 10.6 Å². The summed E-state index contributed by atoms with van der Waals surface area (Å²) in [4.78, 5) is 27.3. The lowest BCUT2D eigenvalue weighted by Gasteiger charge is -2.27. The first-order chi connectivity index (χ1) is 11.7. The first kappa shape index (κ1) is 19.2. The molecular formula is C16H23N3O5S. The van der Waals surface area contributed by atoms with Gasteiger partial charge in [0.25, 0.3) is 5.91 Å². The number of anilines is 1. The summed E-state index contributed by atoms with van der Waals surface area (Å²) in [6.45, 7) is 1.81. The van der Waals surface area contributed by atoms with Gasteiger partial charge in [-0.25, -0.2) is 8.42 Å². The molecule has 2 amide bonds. The van der Waals surface area contributed by atoms with Crippen LogP contribution < -0.4 is 4.31 Å². The molecule has 0 radical (unpaired) electrons. The molecule has 0 bridgehead atoms. The van der Waals surface area contributed by atoms with Gasteiger partial charge in [0.2, 0.25) is 15.9 Å². The molecule has 0 saturated carbocycles. The van der Waals surface area contributed by atoms with Crippen LogP contribution in [-0.4, -0.2) is 83.2 Å². The van der Waals surface area contributed by atoms with Crippen molar-refractivity contribution in [1.29, 1.82) is 0 Å². The number of likely N-dealkylation sites (N-methyl/N-ethyl adjacent to an activating group) is 1. The van der Waals surface area contributed by atoms with E-state index < -0.39 is 10.0 Å². The number of sulfonamides is 1. The molecule has 1 aromatic carbocycles. The molecule has 1 aromatic rings.